The fraction of sp³-hybridized carbons (Fsp3) is 0. The van der Waals surface area contributed by atoms with Gasteiger partial charge in [-0.15, -0.1) is 0 Å². The third-order valence-corrected chi connectivity index (χ3v) is 0. The van der Waals surface area contributed by atoms with E-state index in [1.165, 1.54) is 0 Å². The van der Waals surface area contributed by atoms with Gasteiger partial charge in [0.15, 0.2) is 0 Å². The van der Waals surface area contributed by atoms with Crippen LogP contribution in [0, 0.1) is 0 Å². The van der Waals surface area contributed by atoms with Gasteiger partial charge >= 0.3 is 72.8 Å². The van der Waals surface area contributed by atoms with Crippen molar-refractivity contribution in [1.29, 1.82) is 0 Å². The zero-order valence-corrected chi connectivity index (χ0v) is 3.01. The second kappa shape index (κ2) is 19.4. The molecule has 0 spiro atoms. The normalized spacial score (nSPS) is 1.00. The van der Waals surface area contributed by atoms with Gasteiger partial charge in [0, 0.05) is 0 Å². The van der Waals surface area contributed by atoms with Gasteiger partial charge in [0.1, 0.15) is 0 Å². The fourth-order valence-corrected chi connectivity index (χ4v) is 0. The molecule has 0 bridgehead atoms. The van der Waals surface area contributed by atoms with Crippen LogP contribution in [0.25, 0.3) is 0 Å². The first-order valence-corrected chi connectivity index (χ1v) is 1.06. The van der Waals surface area contributed by atoms with Crippen molar-refractivity contribution in [2.45, 2.75) is 0 Å². The Morgan fingerprint density at radius 2 is 1.25 bits per heavy atom. The first-order chi connectivity index (χ1) is 1.00. The first-order valence-electron chi connectivity index (χ1n) is 0.204. The van der Waals surface area contributed by atoms with Crippen molar-refractivity contribution in [3.63, 3.8) is 0 Å². The van der Waals surface area contributed by atoms with Crippen LogP contribution in [-0.2, 0) is 3.78 Å². The minimum absolute atomic E-state index is 0. The zero-order chi connectivity index (χ0) is 2.00. The van der Waals surface area contributed by atoms with E-state index < -0.39 is 0 Å². The van der Waals surface area contributed by atoms with Crippen LogP contribution in [0.3, 0.4) is 0 Å². The van der Waals surface area contributed by atoms with Crippen molar-refractivity contribution in [1.82, 2.24) is 0 Å². The molecule has 2 radical (unpaired) electrons. The molecule has 0 aromatic rings. The molecule has 0 unspecified atom stereocenters. The fourth-order valence-electron chi connectivity index (χ4n) is 0. The molecule has 0 saturated heterocycles. The molecular formula is H3GeMgNaO. The predicted octanol–water partition coefficient (Wildman–Crippen LogP) is -2.06. The van der Waals surface area contributed by atoms with Crippen LogP contribution in [0.2, 0.25) is 0 Å². The molecule has 0 aliphatic heterocycles. The maximum absolute atomic E-state index is 8.25. The van der Waals surface area contributed by atoms with Crippen LogP contribution < -0.4 is 0 Å². The van der Waals surface area contributed by atoms with Crippen molar-refractivity contribution in [2.75, 3.05) is 0 Å². The Kier molecular flexibility index (Phi) is 80.0. The molecule has 0 fully saturated rings. The molecule has 0 amide bonds. The van der Waals surface area contributed by atoms with Gasteiger partial charge in [-0.05, 0) is 0 Å². The quantitative estimate of drug-likeness (QED) is 0.352. The molecule has 4 heteroatoms. The van der Waals surface area contributed by atoms with Crippen molar-refractivity contribution in [3.05, 3.63) is 0 Å². The van der Waals surface area contributed by atoms with E-state index in [9.17, 15) is 0 Å². The Morgan fingerprint density at radius 1 is 1.25 bits per heavy atom. The van der Waals surface area contributed by atoms with Crippen LogP contribution in [-0.4, -0.2) is 69.1 Å². The van der Waals surface area contributed by atoms with Crippen molar-refractivity contribution >= 4 is 69.1 Å². The Bertz CT molecular complexity index is 8.00. The van der Waals surface area contributed by atoms with Gasteiger partial charge in [-0.25, -0.2) is 0 Å². The van der Waals surface area contributed by atoms with E-state index in [2.05, 4.69) is 0 Å². The molecule has 0 aromatic carbocycles. The van der Waals surface area contributed by atoms with E-state index in [1.807, 2.05) is 0 Å². The van der Waals surface area contributed by atoms with Gasteiger partial charge in [-0.2, -0.15) is 0 Å². The third kappa shape index (κ3) is 8.93. The van der Waals surface area contributed by atoms with E-state index in [0.29, 0.717) is 0 Å². The molecule has 1 nitrogen and oxygen atoms in total. The zero-order valence-electron chi connectivity index (χ0n) is 0.908. The summed E-state index contributed by atoms with van der Waals surface area (Å²) >= 11 is 0.750. The number of hydrogen-bond donors (Lipinski definition) is 0. The molecule has 0 saturated carbocycles. The van der Waals surface area contributed by atoms with E-state index in [0.717, 1.165) is 16.5 Å². The SMILES string of the molecule is [MgH2].[NaH].[O]=[Ge]. The van der Waals surface area contributed by atoms with Crippen LogP contribution in [0.15, 0.2) is 0 Å². The molecule has 16 valence electrons. The van der Waals surface area contributed by atoms with Crippen LogP contribution in [0.4, 0.5) is 0 Å². The summed E-state index contributed by atoms with van der Waals surface area (Å²) in [6, 6.07) is 0. The molecule has 4 heavy (non-hydrogen) atoms. The summed E-state index contributed by atoms with van der Waals surface area (Å²) in [7, 11) is 0. The minimum atomic E-state index is 0. The molecule has 0 aliphatic carbocycles. The summed E-state index contributed by atoms with van der Waals surface area (Å²) in [4.78, 5) is 0. The molecule has 0 aromatic heterocycles. The van der Waals surface area contributed by atoms with Gasteiger partial charge in [-0.1, -0.05) is 0 Å². The second-order valence-electron chi connectivity index (χ2n) is 0. The molecule has 0 heterocycles. The number of hydrogen-bond acceptors (Lipinski definition) is 1. The number of rotatable bonds is 0. The molecule has 0 aliphatic rings. The van der Waals surface area contributed by atoms with Crippen LogP contribution in [0.1, 0.15) is 0 Å². The van der Waals surface area contributed by atoms with E-state index in [4.69, 9.17) is 3.78 Å². The van der Waals surface area contributed by atoms with E-state index in [-0.39, 0.29) is 52.6 Å². The summed E-state index contributed by atoms with van der Waals surface area (Å²) in [6.07, 6.45) is 0. The van der Waals surface area contributed by atoms with Crippen LogP contribution in [0.5, 0.6) is 0 Å². The maximum atomic E-state index is 8.25. The Balaban J connectivity index is -0.00000000500. The summed E-state index contributed by atoms with van der Waals surface area (Å²) < 4.78 is 8.25. The average Bonchev–Trinajstić information content (AvgIpc) is 1.00. The summed E-state index contributed by atoms with van der Waals surface area (Å²) in [5.41, 5.74) is 0. The molecule has 0 rings (SSSR count). The van der Waals surface area contributed by atoms with Gasteiger partial charge in [0.25, 0.3) is 0 Å². The van der Waals surface area contributed by atoms with E-state index >= 15 is 0 Å². The summed E-state index contributed by atoms with van der Waals surface area (Å²) in [5, 5.41) is 0. The van der Waals surface area contributed by atoms with Crippen molar-refractivity contribution < 1.29 is 3.78 Å². The van der Waals surface area contributed by atoms with Gasteiger partial charge in [0.05, 0.1) is 0 Å². The Hall–Kier alpha value is 2.11. The third-order valence-electron chi connectivity index (χ3n) is 0. The van der Waals surface area contributed by atoms with Crippen LogP contribution >= 0.6 is 0 Å². The van der Waals surface area contributed by atoms with Gasteiger partial charge < -0.3 is 0 Å². The topological polar surface area (TPSA) is 17.1 Å². The standard InChI is InChI=1S/GeO.Mg.Na.3H/c1-2;;;;;. The Morgan fingerprint density at radius 3 is 1.25 bits per heavy atom. The van der Waals surface area contributed by atoms with Gasteiger partial charge in [0.2, 0.25) is 0 Å². The average molecular weight is 139 g/mol. The second-order valence-corrected chi connectivity index (χ2v) is 0. The molecular weight excluding hydrogens is 136 g/mol. The first kappa shape index (κ1) is 16.5. The summed E-state index contributed by atoms with van der Waals surface area (Å²) in [6.45, 7) is 0. The molecule has 0 atom stereocenters. The summed E-state index contributed by atoms with van der Waals surface area (Å²) in [5.74, 6) is 0. The monoisotopic (exact) mass is 140 g/mol. The Labute approximate surface area is 71.8 Å². The van der Waals surface area contributed by atoms with Gasteiger partial charge in [-0.3, -0.25) is 0 Å². The van der Waals surface area contributed by atoms with Crippen molar-refractivity contribution in [2.24, 2.45) is 0 Å². The van der Waals surface area contributed by atoms with E-state index in [1.54, 1.807) is 0 Å². The van der Waals surface area contributed by atoms with Crippen molar-refractivity contribution in [3.8, 4) is 0 Å². The molecule has 0 N–H and O–H groups in total. The predicted molar refractivity (Wildman–Crippen MR) is 22.1 cm³/mol.